The summed E-state index contributed by atoms with van der Waals surface area (Å²) in [6, 6.07) is 31.3. The molecule has 0 unspecified atom stereocenters. The molecule has 0 saturated carbocycles. The lowest BCUT2D eigenvalue weighted by atomic mass is 9.88. The minimum atomic E-state index is -0.0236. The van der Waals surface area contributed by atoms with E-state index >= 15 is 0 Å². The van der Waals surface area contributed by atoms with Crippen molar-refractivity contribution in [2.45, 2.75) is 18.5 Å². The molecule has 0 fully saturated rings. The number of alkyl halides is 1. The molecule has 0 bridgehead atoms. The summed E-state index contributed by atoms with van der Waals surface area (Å²) in [5, 5.41) is 25.5. The highest BCUT2D eigenvalue weighted by Gasteiger charge is 2.15. The van der Waals surface area contributed by atoms with Crippen LogP contribution >= 0.6 is 15.9 Å². The number of hydrogen-bond donors (Lipinski definition) is 2. The van der Waals surface area contributed by atoms with E-state index in [0.29, 0.717) is 5.33 Å². The van der Waals surface area contributed by atoms with E-state index in [1.807, 2.05) is 36.4 Å². The molecule has 3 heteroatoms. The van der Waals surface area contributed by atoms with Crippen molar-refractivity contribution >= 4 is 37.5 Å². The average Bonchev–Trinajstić information content (AvgIpc) is 2.86. The van der Waals surface area contributed by atoms with Crippen LogP contribution in [0, 0.1) is 0 Å². The summed E-state index contributed by atoms with van der Waals surface area (Å²) in [6.45, 7) is -0.0472. The number of aliphatic hydroxyl groups excluding tert-OH is 2. The van der Waals surface area contributed by atoms with Crippen LogP contribution in [0.25, 0.3) is 43.8 Å². The summed E-state index contributed by atoms with van der Waals surface area (Å²) >= 11 is 3.64. The molecule has 0 aliphatic heterocycles. The third-order valence-corrected chi connectivity index (χ3v) is 6.74. The van der Waals surface area contributed by atoms with E-state index in [4.69, 9.17) is 0 Å². The fourth-order valence-electron chi connectivity index (χ4n) is 4.64. The maximum absolute atomic E-state index is 10.1. The van der Waals surface area contributed by atoms with Gasteiger partial charge in [-0.15, -0.1) is 0 Å². The Bertz CT molecular complexity index is 1330. The first-order chi connectivity index (χ1) is 15.7. The van der Waals surface area contributed by atoms with Crippen molar-refractivity contribution in [3.8, 4) is 22.3 Å². The second-order valence-electron chi connectivity index (χ2n) is 8.01. The summed E-state index contributed by atoms with van der Waals surface area (Å²) in [6.07, 6.45) is 0. The number of rotatable bonds is 5. The Labute approximate surface area is 195 Å². The van der Waals surface area contributed by atoms with Crippen LogP contribution in [-0.2, 0) is 18.5 Å². The molecule has 158 valence electrons. The zero-order valence-electron chi connectivity index (χ0n) is 17.6. The van der Waals surface area contributed by atoms with Gasteiger partial charge in [0.05, 0.1) is 13.2 Å². The molecule has 5 aromatic carbocycles. The molecule has 0 saturated heterocycles. The standard InChI is InChI=1S/C29H23BrO2/c30-16-19-13-24(28-22(17-31)11-9-20-5-1-3-7-26(20)28)15-25(14-19)29-23(18-32)12-10-21-6-2-4-8-27(21)29/h1-15,31-32H,16-18H2. The molecule has 0 aliphatic carbocycles. The van der Waals surface area contributed by atoms with Gasteiger partial charge in [-0.3, -0.25) is 0 Å². The van der Waals surface area contributed by atoms with Gasteiger partial charge in [0.2, 0.25) is 0 Å². The predicted octanol–water partition coefficient (Wildman–Crippen LogP) is 7.21. The minimum Gasteiger partial charge on any atom is -0.392 e. The number of hydrogen-bond acceptors (Lipinski definition) is 2. The molecule has 0 spiro atoms. The van der Waals surface area contributed by atoms with Crippen molar-refractivity contribution in [1.82, 2.24) is 0 Å². The van der Waals surface area contributed by atoms with E-state index in [9.17, 15) is 10.2 Å². The quantitative estimate of drug-likeness (QED) is 0.260. The molecule has 0 aliphatic rings. The molecule has 2 N–H and O–H groups in total. The third-order valence-electron chi connectivity index (χ3n) is 6.10. The van der Waals surface area contributed by atoms with Crippen LogP contribution in [0.2, 0.25) is 0 Å². The first kappa shape index (κ1) is 20.9. The van der Waals surface area contributed by atoms with Crippen molar-refractivity contribution in [3.05, 3.63) is 108 Å². The first-order valence-corrected chi connectivity index (χ1v) is 11.8. The molecular formula is C29H23BrO2. The van der Waals surface area contributed by atoms with Gasteiger partial charge in [-0.1, -0.05) is 101 Å². The second kappa shape index (κ2) is 8.87. The third kappa shape index (κ3) is 3.63. The van der Waals surface area contributed by atoms with Gasteiger partial charge < -0.3 is 10.2 Å². The second-order valence-corrected chi connectivity index (χ2v) is 8.57. The van der Waals surface area contributed by atoms with Crippen LogP contribution in [-0.4, -0.2) is 10.2 Å². The molecule has 0 amide bonds. The van der Waals surface area contributed by atoms with Gasteiger partial charge in [0.15, 0.2) is 0 Å². The van der Waals surface area contributed by atoms with E-state index < -0.39 is 0 Å². The van der Waals surface area contributed by atoms with E-state index in [1.54, 1.807) is 0 Å². The van der Waals surface area contributed by atoms with Gasteiger partial charge in [0.25, 0.3) is 0 Å². The Kier molecular flexibility index (Phi) is 5.79. The van der Waals surface area contributed by atoms with Crippen LogP contribution in [0.15, 0.2) is 91.0 Å². The number of halogens is 1. The normalized spacial score (nSPS) is 11.3. The van der Waals surface area contributed by atoms with Gasteiger partial charge in [-0.2, -0.15) is 0 Å². The summed E-state index contributed by atoms with van der Waals surface area (Å²) in [7, 11) is 0. The van der Waals surface area contributed by atoms with Crippen LogP contribution < -0.4 is 0 Å². The highest BCUT2D eigenvalue weighted by atomic mass is 79.9. The Morgan fingerprint density at radius 3 is 1.47 bits per heavy atom. The van der Waals surface area contributed by atoms with E-state index in [1.165, 1.54) is 0 Å². The van der Waals surface area contributed by atoms with Crippen molar-refractivity contribution in [2.75, 3.05) is 0 Å². The molecule has 0 heterocycles. The van der Waals surface area contributed by atoms with Gasteiger partial charge in [-0.05, 0) is 66.6 Å². The largest absolute Gasteiger partial charge is 0.392 e. The highest BCUT2D eigenvalue weighted by molar-refractivity contribution is 9.08. The fourth-order valence-corrected chi connectivity index (χ4v) is 4.96. The Hall–Kier alpha value is -2.98. The van der Waals surface area contributed by atoms with Crippen molar-refractivity contribution < 1.29 is 10.2 Å². The summed E-state index contributed by atoms with van der Waals surface area (Å²) in [4.78, 5) is 0. The number of benzene rings is 5. The van der Waals surface area contributed by atoms with E-state index in [-0.39, 0.29) is 13.2 Å². The lowest BCUT2D eigenvalue weighted by Crippen LogP contribution is -1.96. The Balaban J connectivity index is 1.84. The molecule has 5 rings (SSSR count). The zero-order chi connectivity index (χ0) is 22.1. The van der Waals surface area contributed by atoms with Crippen LogP contribution in [0.5, 0.6) is 0 Å². The van der Waals surface area contributed by atoms with Crippen molar-refractivity contribution in [2.24, 2.45) is 0 Å². The molecule has 0 aromatic heterocycles. The summed E-state index contributed by atoms with van der Waals surface area (Å²) < 4.78 is 0. The van der Waals surface area contributed by atoms with Crippen LogP contribution in [0.1, 0.15) is 16.7 Å². The number of fused-ring (bicyclic) bond motifs is 2. The Morgan fingerprint density at radius 2 is 1.03 bits per heavy atom. The van der Waals surface area contributed by atoms with E-state index in [2.05, 4.69) is 70.5 Å². The SMILES string of the molecule is OCc1ccc2ccccc2c1-c1cc(CBr)cc(-c2c(CO)ccc3ccccc23)c1. The van der Waals surface area contributed by atoms with Gasteiger partial charge in [-0.25, -0.2) is 0 Å². The van der Waals surface area contributed by atoms with Gasteiger partial charge in [0, 0.05) is 5.33 Å². The number of aliphatic hydroxyl groups is 2. The monoisotopic (exact) mass is 482 g/mol. The topological polar surface area (TPSA) is 40.5 Å². The van der Waals surface area contributed by atoms with Crippen molar-refractivity contribution in [3.63, 3.8) is 0 Å². The molecule has 2 nitrogen and oxygen atoms in total. The van der Waals surface area contributed by atoms with Crippen LogP contribution in [0.4, 0.5) is 0 Å². The molecule has 5 aromatic rings. The first-order valence-electron chi connectivity index (χ1n) is 10.7. The van der Waals surface area contributed by atoms with Crippen molar-refractivity contribution in [1.29, 1.82) is 0 Å². The maximum Gasteiger partial charge on any atom is 0.0688 e. The smallest absolute Gasteiger partial charge is 0.0688 e. The summed E-state index contributed by atoms with van der Waals surface area (Å²) in [5.74, 6) is 0. The molecular weight excluding hydrogens is 460 g/mol. The fraction of sp³-hybridized carbons (Fsp3) is 0.103. The zero-order valence-corrected chi connectivity index (χ0v) is 19.1. The lowest BCUT2D eigenvalue weighted by Gasteiger charge is -2.17. The maximum atomic E-state index is 10.1. The van der Waals surface area contributed by atoms with Gasteiger partial charge >= 0.3 is 0 Å². The van der Waals surface area contributed by atoms with Crippen LogP contribution in [0.3, 0.4) is 0 Å². The predicted molar refractivity (Wildman–Crippen MR) is 137 cm³/mol. The molecule has 0 atom stereocenters. The highest BCUT2D eigenvalue weighted by Crippen LogP contribution is 2.39. The molecule has 32 heavy (non-hydrogen) atoms. The van der Waals surface area contributed by atoms with Gasteiger partial charge in [0.1, 0.15) is 0 Å². The summed E-state index contributed by atoms with van der Waals surface area (Å²) in [5.41, 5.74) is 7.19. The molecule has 0 radical (unpaired) electrons. The lowest BCUT2D eigenvalue weighted by molar-refractivity contribution is 0.282. The average molecular weight is 483 g/mol. The van der Waals surface area contributed by atoms with E-state index in [0.717, 1.165) is 60.5 Å². The minimum absolute atomic E-state index is 0.0236. The Morgan fingerprint density at radius 1 is 0.562 bits per heavy atom.